The van der Waals surface area contributed by atoms with Crippen molar-refractivity contribution in [3.8, 4) is 5.69 Å². The fourth-order valence-corrected chi connectivity index (χ4v) is 1.77. The standard InChI is InChI=1S/C10H8F2IN3/c11-8-1-6(3-14)2-9(12)10(8)16-5-7(13)4-15-16/h1-2,4-5H,3,14H2. The molecule has 0 unspecified atom stereocenters. The first-order chi connectivity index (χ1) is 7.61. The topological polar surface area (TPSA) is 43.8 Å². The average molecular weight is 335 g/mol. The SMILES string of the molecule is NCc1cc(F)c(-n2cc(I)cn2)c(F)c1. The lowest BCUT2D eigenvalue weighted by Crippen LogP contribution is -2.05. The van der Waals surface area contributed by atoms with Crippen LogP contribution < -0.4 is 5.73 Å². The second kappa shape index (κ2) is 4.46. The molecule has 6 heteroatoms. The molecule has 0 saturated heterocycles. The van der Waals surface area contributed by atoms with Gasteiger partial charge in [-0.3, -0.25) is 0 Å². The summed E-state index contributed by atoms with van der Waals surface area (Å²) in [6, 6.07) is 2.43. The van der Waals surface area contributed by atoms with Gasteiger partial charge >= 0.3 is 0 Å². The summed E-state index contributed by atoms with van der Waals surface area (Å²) >= 11 is 2.02. The highest BCUT2D eigenvalue weighted by atomic mass is 127. The lowest BCUT2D eigenvalue weighted by Gasteiger charge is -2.06. The van der Waals surface area contributed by atoms with E-state index >= 15 is 0 Å². The number of aromatic nitrogens is 2. The number of nitrogens with two attached hydrogens (primary N) is 1. The van der Waals surface area contributed by atoms with Gasteiger partial charge in [-0.2, -0.15) is 5.10 Å². The highest BCUT2D eigenvalue weighted by Gasteiger charge is 2.13. The summed E-state index contributed by atoms with van der Waals surface area (Å²) in [4.78, 5) is 0. The van der Waals surface area contributed by atoms with Crippen molar-refractivity contribution < 1.29 is 8.78 Å². The van der Waals surface area contributed by atoms with Crippen LogP contribution in [0.3, 0.4) is 0 Å². The highest BCUT2D eigenvalue weighted by Crippen LogP contribution is 2.19. The Morgan fingerprint density at radius 3 is 2.38 bits per heavy atom. The molecule has 0 radical (unpaired) electrons. The summed E-state index contributed by atoms with van der Waals surface area (Å²) < 4.78 is 29.2. The molecule has 0 saturated carbocycles. The van der Waals surface area contributed by atoms with Gasteiger partial charge < -0.3 is 5.73 Å². The second-order valence-electron chi connectivity index (χ2n) is 3.22. The van der Waals surface area contributed by atoms with E-state index in [4.69, 9.17) is 5.73 Å². The number of hydrogen-bond donors (Lipinski definition) is 1. The summed E-state index contributed by atoms with van der Waals surface area (Å²) in [5, 5.41) is 3.86. The van der Waals surface area contributed by atoms with Crippen molar-refractivity contribution in [3.05, 3.63) is 45.3 Å². The molecule has 0 aliphatic rings. The molecule has 0 amide bonds. The van der Waals surface area contributed by atoms with Crippen LogP contribution in [-0.2, 0) is 6.54 Å². The van der Waals surface area contributed by atoms with E-state index in [-0.39, 0.29) is 12.2 Å². The molecule has 2 rings (SSSR count). The van der Waals surface area contributed by atoms with Crippen LogP contribution in [-0.4, -0.2) is 9.78 Å². The van der Waals surface area contributed by atoms with Gasteiger partial charge in [0.05, 0.1) is 9.77 Å². The number of nitrogens with zero attached hydrogens (tertiary/aromatic N) is 2. The van der Waals surface area contributed by atoms with Crippen molar-refractivity contribution in [2.45, 2.75) is 6.54 Å². The first-order valence-corrected chi connectivity index (χ1v) is 5.58. The normalized spacial score (nSPS) is 10.8. The molecule has 0 atom stereocenters. The Morgan fingerprint density at radius 2 is 1.94 bits per heavy atom. The van der Waals surface area contributed by atoms with Gasteiger partial charge in [0.15, 0.2) is 11.6 Å². The van der Waals surface area contributed by atoms with Gasteiger partial charge in [0.1, 0.15) is 5.69 Å². The van der Waals surface area contributed by atoms with E-state index in [2.05, 4.69) is 5.10 Å². The minimum atomic E-state index is -0.667. The molecule has 2 aromatic rings. The van der Waals surface area contributed by atoms with Crippen molar-refractivity contribution in [3.63, 3.8) is 0 Å². The molecule has 0 aliphatic carbocycles. The van der Waals surface area contributed by atoms with Crippen LogP contribution in [0.4, 0.5) is 8.78 Å². The Bertz CT molecular complexity index is 502. The van der Waals surface area contributed by atoms with Crippen molar-refractivity contribution >= 4 is 22.6 Å². The molecular weight excluding hydrogens is 327 g/mol. The molecule has 16 heavy (non-hydrogen) atoms. The molecule has 3 nitrogen and oxygen atoms in total. The van der Waals surface area contributed by atoms with E-state index in [9.17, 15) is 8.78 Å². The van der Waals surface area contributed by atoms with Gasteiger partial charge in [-0.1, -0.05) is 0 Å². The number of benzene rings is 1. The number of rotatable bonds is 2. The Balaban J connectivity index is 2.57. The third-order valence-electron chi connectivity index (χ3n) is 2.09. The van der Waals surface area contributed by atoms with Gasteiger partial charge in [-0.05, 0) is 40.3 Å². The van der Waals surface area contributed by atoms with Crippen molar-refractivity contribution in [2.24, 2.45) is 5.73 Å². The fraction of sp³-hybridized carbons (Fsp3) is 0.100. The molecule has 2 N–H and O–H groups in total. The lowest BCUT2D eigenvalue weighted by atomic mass is 10.2. The molecule has 0 fully saturated rings. The third kappa shape index (κ3) is 2.07. The second-order valence-corrected chi connectivity index (χ2v) is 4.46. The lowest BCUT2D eigenvalue weighted by molar-refractivity contribution is 0.557. The molecule has 1 heterocycles. The molecule has 1 aromatic carbocycles. The van der Waals surface area contributed by atoms with E-state index < -0.39 is 11.6 Å². The van der Waals surface area contributed by atoms with Gasteiger partial charge in [0.25, 0.3) is 0 Å². The Hall–Kier alpha value is -1.02. The fourth-order valence-electron chi connectivity index (χ4n) is 1.38. The van der Waals surface area contributed by atoms with E-state index in [1.807, 2.05) is 22.6 Å². The Kier molecular flexibility index (Phi) is 3.20. The summed E-state index contributed by atoms with van der Waals surface area (Å²) in [7, 11) is 0. The average Bonchev–Trinajstić information content (AvgIpc) is 2.63. The minimum Gasteiger partial charge on any atom is -0.326 e. The maximum absolute atomic E-state index is 13.6. The largest absolute Gasteiger partial charge is 0.326 e. The predicted molar refractivity (Wildman–Crippen MR) is 64.1 cm³/mol. The third-order valence-corrected chi connectivity index (χ3v) is 2.65. The minimum absolute atomic E-state index is 0.102. The van der Waals surface area contributed by atoms with Crippen molar-refractivity contribution in [1.82, 2.24) is 9.78 Å². The van der Waals surface area contributed by atoms with E-state index in [1.165, 1.54) is 23.0 Å². The quantitative estimate of drug-likeness (QED) is 0.856. The smallest absolute Gasteiger partial charge is 0.152 e. The molecule has 0 bridgehead atoms. The van der Waals surface area contributed by atoms with E-state index in [0.717, 1.165) is 3.57 Å². The zero-order chi connectivity index (χ0) is 11.7. The predicted octanol–water partition coefficient (Wildman–Crippen LogP) is 2.21. The van der Waals surface area contributed by atoms with E-state index in [0.29, 0.717) is 5.56 Å². The number of hydrogen-bond acceptors (Lipinski definition) is 2. The van der Waals surface area contributed by atoms with Gasteiger partial charge in [0.2, 0.25) is 0 Å². The van der Waals surface area contributed by atoms with Crippen LogP contribution >= 0.6 is 22.6 Å². The maximum atomic E-state index is 13.6. The van der Waals surface area contributed by atoms with Crippen LogP contribution in [0.15, 0.2) is 24.5 Å². The maximum Gasteiger partial charge on any atom is 0.152 e. The van der Waals surface area contributed by atoms with Crippen LogP contribution in [0.2, 0.25) is 0 Å². The van der Waals surface area contributed by atoms with Crippen LogP contribution in [0.25, 0.3) is 5.69 Å². The Labute approximate surface area is 104 Å². The first-order valence-electron chi connectivity index (χ1n) is 4.50. The van der Waals surface area contributed by atoms with Crippen LogP contribution in [0.1, 0.15) is 5.56 Å². The summed E-state index contributed by atoms with van der Waals surface area (Å²) in [5.41, 5.74) is 5.56. The molecule has 0 aliphatic heterocycles. The van der Waals surface area contributed by atoms with Crippen molar-refractivity contribution in [2.75, 3.05) is 0 Å². The Morgan fingerprint density at radius 1 is 1.31 bits per heavy atom. The number of halogens is 3. The van der Waals surface area contributed by atoms with Crippen LogP contribution in [0.5, 0.6) is 0 Å². The molecule has 84 valence electrons. The molecule has 1 aromatic heterocycles. The summed E-state index contributed by atoms with van der Waals surface area (Å²) in [6.07, 6.45) is 3.07. The zero-order valence-corrected chi connectivity index (χ0v) is 10.3. The van der Waals surface area contributed by atoms with Gasteiger partial charge in [0, 0.05) is 12.7 Å². The summed E-state index contributed by atoms with van der Waals surface area (Å²) in [6.45, 7) is 0.102. The van der Waals surface area contributed by atoms with Crippen LogP contribution in [0, 0.1) is 15.2 Å². The summed E-state index contributed by atoms with van der Waals surface area (Å²) in [5.74, 6) is -1.33. The molecule has 0 spiro atoms. The van der Waals surface area contributed by atoms with Crippen molar-refractivity contribution in [1.29, 1.82) is 0 Å². The van der Waals surface area contributed by atoms with E-state index in [1.54, 1.807) is 6.20 Å². The highest BCUT2D eigenvalue weighted by molar-refractivity contribution is 14.1. The zero-order valence-electron chi connectivity index (χ0n) is 8.12. The van der Waals surface area contributed by atoms with Gasteiger partial charge in [-0.15, -0.1) is 0 Å². The monoisotopic (exact) mass is 335 g/mol. The first kappa shape index (κ1) is 11.5. The molecular formula is C10H8F2IN3. The van der Waals surface area contributed by atoms with Gasteiger partial charge in [-0.25, -0.2) is 13.5 Å².